The monoisotopic (exact) mass is 237 g/mol. The third-order valence-electron chi connectivity index (χ3n) is 3.84. The summed E-state index contributed by atoms with van der Waals surface area (Å²) >= 11 is 0. The van der Waals surface area contributed by atoms with E-state index in [2.05, 4.69) is 29.5 Å². The van der Waals surface area contributed by atoms with Crippen LogP contribution in [0.2, 0.25) is 0 Å². The summed E-state index contributed by atoms with van der Waals surface area (Å²) in [4.78, 5) is 16.2. The molecule has 4 heteroatoms. The van der Waals surface area contributed by atoms with E-state index in [1.807, 2.05) is 0 Å². The molecule has 0 aromatic rings. The molecular formula is C13H23N3O. The molecule has 0 spiro atoms. The van der Waals surface area contributed by atoms with Gasteiger partial charge in [-0.15, -0.1) is 0 Å². The molecule has 2 rings (SSSR count). The zero-order valence-electron chi connectivity index (χ0n) is 10.8. The second-order valence-corrected chi connectivity index (χ2v) is 5.36. The van der Waals surface area contributed by atoms with E-state index in [1.165, 1.54) is 12.8 Å². The van der Waals surface area contributed by atoms with Gasteiger partial charge in [0.1, 0.15) is 6.04 Å². The van der Waals surface area contributed by atoms with Crippen LogP contribution >= 0.6 is 0 Å². The Morgan fingerprint density at radius 3 is 2.65 bits per heavy atom. The van der Waals surface area contributed by atoms with Crippen LogP contribution in [0.1, 0.15) is 46.0 Å². The van der Waals surface area contributed by atoms with Crippen LogP contribution in [0.25, 0.3) is 0 Å². The lowest BCUT2D eigenvalue weighted by Gasteiger charge is -2.29. The number of carbonyl (C=O) groups is 1. The van der Waals surface area contributed by atoms with Crippen molar-refractivity contribution in [3.8, 4) is 0 Å². The first-order chi connectivity index (χ1) is 8.20. The van der Waals surface area contributed by atoms with E-state index in [1.54, 1.807) is 0 Å². The predicted molar refractivity (Wildman–Crippen MR) is 68.8 cm³/mol. The van der Waals surface area contributed by atoms with Crippen molar-refractivity contribution in [3.63, 3.8) is 0 Å². The highest BCUT2D eigenvalue weighted by Gasteiger charge is 2.36. The predicted octanol–water partition coefficient (Wildman–Crippen LogP) is 1.67. The zero-order valence-corrected chi connectivity index (χ0v) is 10.8. The molecule has 1 unspecified atom stereocenters. The Hall–Kier alpha value is -1.06. The van der Waals surface area contributed by atoms with Gasteiger partial charge in [0.15, 0.2) is 5.96 Å². The van der Waals surface area contributed by atoms with Crippen molar-refractivity contribution in [2.24, 2.45) is 16.8 Å². The van der Waals surface area contributed by atoms with E-state index in [-0.39, 0.29) is 11.9 Å². The second kappa shape index (κ2) is 5.52. The van der Waals surface area contributed by atoms with Gasteiger partial charge in [-0.05, 0) is 31.1 Å². The Labute approximate surface area is 103 Å². The third kappa shape index (κ3) is 2.99. The van der Waals surface area contributed by atoms with Crippen LogP contribution in [0, 0.1) is 11.8 Å². The summed E-state index contributed by atoms with van der Waals surface area (Å²) in [5.41, 5.74) is 0. The molecule has 2 aliphatic rings. The Balaban J connectivity index is 1.91. The van der Waals surface area contributed by atoms with Crippen molar-refractivity contribution in [2.45, 2.75) is 52.0 Å². The van der Waals surface area contributed by atoms with Gasteiger partial charge >= 0.3 is 0 Å². The molecular weight excluding hydrogens is 214 g/mol. The van der Waals surface area contributed by atoms with Gasteiger partial charge in [0, 0.05) is 6.54 Å². The Bertz CT molecular complexity index is 306. The number of nitrogens with one attached hydrogen (secondary N) is 2. The molecule has 0 aromatic heterocycles. The summed E-state index contributed by atoms with van der Waals surface area (Å²) < 4.78 is 0. The SMILES string of the molecule is CCCN=C1NC(=O)C(C2CCC(C)CC2)N1. The summed E-state index contributed by atoms with van der Waals surface area (Å²) in [6, 6.07) is -0.0434. The number of hydrogen-bond acceptors (Lipinski definition) is 2. The number of rotatable bonds is 3. The van der Waals surface area contributed by atoms with Crippen molar-refractivity contribution in [2.75, 3.05) is 6.54 Å². The van der Waals surface area contributed by atoms with Crippen LogP contribution in [-0.4, -0.2) is 24.5 Å². The van der Waals surface area contributed by atoms with E-state index in [0.717, 1.165) is 31.7 Å². The lowest BCUT2D eigenvalue weighted by atomic mass is 9.79. The molecule has 2 N–H and O–H groups in total. The van der Waals surface area contributed by atoms with Crippen molar-refractivity contribution in [1.29, 1.82) is 0 Å². The smallest absolute Gasteiger partial charge is 0.249 e. The number of amides is 1. The van der Waals surface area contributed by atoms with Crippen molar-refractivity contribution in [3.05, 3.63) is 0 Å². The van der Waals surface area contributed by atoms with Crippen LogP contribution in [0.15, 0.2) is 4.99 Å². The first kappa shape index (κ1) is 12.4. The summed E-state index contributed by atoms with van der Waals surface area (Å²) in [5, 5.41) is 6.10. The summed E-state index contributed by atoms with van der Waals surface area (Å²) in [6.07, 6.45) is 5.82. The maximum atomic E-state index is 11.9. The standard InChI is InChI=1S/C13H23N3O/c1-3-8-14-13-15-11(12(17)16-13)10-6-4-9(2)5-7-10/h9-11H,3-8H2,1-2H3,(H2,14,15,16,17). The summed E-state index contributed by atoms with van der Waals surface area (Å²) in [5.74, 6) is 2.10. The lowest BCUT2D eigenvalue weighted by molar-refractivity contribution is -0.121. The minimum Gasteiger partial charge on any atom is -0.344 e. The molecule has 2 fully saturated rings. The highest BCUT2D eigenvalue weighted by atomic mass is 16.2. The Morgan fingerprint density at radius 2 is 2.00 bits per heavy atom. The Kier molecular flexibility index (Phi) is 4.02. The zero-order chi connectivity index (χ0) is 12.3. The molecule has 1 saturated heterocycles. The molecule has 1 atom stereocenters. The van der Waals surface area contributed by atoms with Gasteiger partial charge in [-0.3, -0.25) is 15.1 Å². The molecule has 96 valence electrons. The van der Waals surface area contributed by atoms with Gasteiger partial charge in [-0.1, -0.05) is 26.7 Å². The van der Waals surface area contributed by atoms with Gasteiger partial charge in [0.05, 0.1) is 0 Å². The van der Waals surface area contributed by atoms with Gasteiger partial charge in [0.25, 0.3) is 0 Å². The first-order valence-corrected chi connectivity index (χ1v) is 6.82. The third-order valence-corrected chi connectivity index (χ3v) is 3.84. The van der Waals surface area contributed by atoms with E-state index in [9.17, 15) is 4.79 Å². The molecule has 0 bridgehead atoms. The van der Waals surface area contributed by atoms with E-state index >= 15 is 0 Å². The fourth-order valence-electron chi connectivity index (χ4n) is 2.70. The molecule has 4 nitrogen and oxygen atoms in total. The number of carbonyl (C=O) groups excluding carboxylic acids is 1. The molecule has 1 aliphatic heterocycles. The van der Waals surface area contributed by atoms with Crippen LogP contribution < -0.4 is 10.6 Å². The molecule has 17 heavy (non-hydrogen) atoms. The molecule has 1 amide bonds. The van der Waals surface area contributed by atoms with Crippen molar-refractivity contribution >= 4 is 11.9 Å². The maximum Gasteiger partial charge on any atom is 0.249 e. The van der Waals surface area contributed by atoms with Crippen LogP contribution in [0.4, 0.5) is 0 Å². The average molecular weight is 237 g/mol. The largest absolute Gasteiger partial charge is 0.344 e. The highest BCUT2D eigenvalue weighted by Crippen LogP contribution is 2.31. The van der Waals surface area contributed by atoms with Crippen molar-refractivity contribution < 1.29 is 4.79 Å². The lowest BCUT2D eigenvalue weighted by Crippen LogP contribution is -2.38. The van der Waals surface area contributed by atoms with E-state index in [4.69, 9.17) is 0 Å². The number of guanidine groups is 1. The van der Waals surface area contributed by atoms with Gasteiger partial charge < -0.3 is 5.32 Å². The number of nitrogens with zero attached hydrogens (tertiary/aromatic N) is 1. The van der Waals surface area contributed by atoms with Crippen LogP contribution in [0.3, 0.4) is 0 Å². The highest BCUT2D eigenvalue weighted by molar-refractivity contribution is 6.06. The topological polar surface area (TPSA) is 53.5 Å². The first-order valence-electron chi connectivity index (χ1n) is 6.82. The van der Waals surface area contributed by atoms with E-state index < -0.39 is 0 Å². The molecule has 0 aromatic carbocycles. The summed E-state index contributed by atoms with van der Waals surface area (Å²) in [7, 11) is 0. The normalized spacial score (nSPS) is 35.8. The number of aliphatic imine (C=N–C) groups is 1. The minimum absolute atomic E-state index is 0.0434. The second-order valence-electron chi connectivity index (χ2n) is 5.36. The molecule has 1 aliphatic carbocycles. The maximum absolute atomic E-state index is 11.9. The average Bonchev–Trinajstić information content (AvgIpc) is 2.69. The van der Waals surface area contributed by atoms with Gasteiger partial charge in [-0.25, -0.2) is 0 Å². The summed E-state index contributed by atoms with van der Waals surface area (Å²) in [6.45, 7) is 5.16. The van der Waals surface area contributed by atoms with E-state index in [0.29, 0.717) is 11.9 Å². The molecule has 1 heterocycles. The number of hydrogen-bond donors (Lipinski definition) is 2. The Morgan fingerprint density at radius 1 is 1.29 bits per heavy atom. The van der Waals surface area contributed by atoms with Gasteiger partial charge in [0.2, 0.25) is 5.91 Å². The van der Waals surface area contributed by atoms with Crippen LogP contribution in [-0.2, 0) is 4.79 Å². The fraction of sp³-hybridized carbons (Fsp3) is 0.846. The van der Waals surface area contributed by atoms with Gasteiger partial charge in [-0.2, -0.15) is 0 Å². The van der Waals surface area contributed by atoms with Crippen molar-refractivity contribution in [1.82, 2.24) is 10.6 Å². The van der Waals surface area contributed by atoms with Crippen LogP contribution in [0.5, 0.6) is 0 Å². The minimum atomic E-state index is -0.0434. The quantitative estimate of drug-likeness (QED) is 0.784. The molecule has 0 radical (unpaired) electrons. The fourth-order valence-corrected chi connectivity index (χ4v) is 2.70. The molecule has 1 saturated carbocycles.